The van der Waals surface area contributed by atoms with E-state index < -0.39 is 5.60 Å². The van der Waals surface area contributed by atoms with Gasteiger partial charge in [0.2, 0.25) is 11.4 Å². The first-order valence-corrected chi connectivity index (χ1v) is 4.22. The Balaban J connectivity index is 2.08. The molecule has 0 saturated carbocycles. The molecule has 1 aromatic rings. The summed E-state index contributed by atoms with van der Waals surface area (Å²) in [5.41, 5.74) is 0.0156. The van der Waals surface area contributed by atoms with E-state index in [9.17, 15) is 4.79 Å². The lowest BCUT2D eigenvalue weighted by Crippen LogP contribution is -2.35. The number of carbonyl (C=O) groups excluding carboxylic acids is 1. The highest BCUT2D eigenvalue weighted by Gasteiger charge is 2.49. The summed E-state index contributed by atoms with van der Waals surface area (Å²) in [6, 6.07) is 3.69. The maximum absolute atomic E-state index is 11.9. The first kappa shape index (κ1) is 6.88. The lowest BCUT2D eigenvalue weighted by Gasteiger charge is -2.16. The molecule has 4 nitrogen and oxygen atoms in total. The van der Waals surface area contributed by atoms with Gasteiger partial charge < -0.3 is 9.40 Å². The molecule has 1 atom stereocenters. The van der Waals surface area contributed by atoms with Crippen LogP contribution in [0.15, 0.2) is 23.5 Å². The smallest absolute Gasteiger partial charge is 0.227 e. The van der Waals surface area contributed by atoms with E-state index >= 15 is 0 Å². The van der Waals surface area contributed by atoms with Crippen molar-refractivity contribution in [3.05, 3.63) is 24.0 Å². The predicted octanol–water partition coefficient (Wildman–Crippen LogP) is 0.829. The van der Waals surface area contributed by atoms with Crippen LogP contribution in [0.4, 0.5) is 0 Å². The third kappa shape index (κ3) is 0.703. The van der Waals surface area contributed by atoms with Gasteiger partial charge in [0, 0.05) is 18.8 Å². The summed E-state index contributed by atoms with van der Waals surface area (Å²) in [7, 11) is 0. The molecule has 4 heteroatoms. The number of hydrogen-bond donors (Lipinski definition) is 0. The number of ketones is 1. The first-order chi connectivity index (χ1) is 6.32. The lowest BCUT2D eigenvalue weighted by molar-refractivity contribution is -0.00514. The summed E-state index contributed by atoms with van der Waals surface area (Å²) in [6.07, 6.45) is 4.14. The van der Waals surface area contributed by atoms with Crippen molar-refractivity contribution >= 4 is 12.0 Å². The molecule has 0 N–H and O–H groups in total. The number of aromatic nitrogens is 1. The van der Waals surface area contributed by atoms with Crippen molar-refractivity contribution in [2.24, 2.45) is 5.16 Å². The minimum Gasteiger partial charge on any atom is -0.379 e. The standard InChI is InChI=1S/C9H8N2O2/c12-8-7-2-1-5-11(7)6-9(8)3-4-10-13-9/h1-2,4-5H,3,6H2. The van der Waals surface area contributed by atoms with Crippen LogP contribution in [0.25, 0.3) is 0 Å². The summed E-state index contributed by atoms with van der Waals surface area (Å²) < 4.78 is 1.91. The fourth-order valence-electron chi connectivity index (χ4n) is 1.93. The predicted molar refractivity (Wildman–Crippen MR) is 45.7 cm³/mol. The molecule has 3 heterocycles. The van der Waals surface area contributed by atoms with Crippen molar-refractivity contribution in [3.63, 3.8) is 0 Å². The molecule has 0 aromatic carbocycles. The quantitative estimate of drug-likeness (QED) is 0.587. The van der Waals surface area contributed by atoms with Gasteiger partial charge in [-0.25, -0.2) is 0 Å². The minimum absolute atomic E-state index is 0.0509. The molecule has 0 aliphatic carbocycles. The van der Waals surface area contributed by atoms with Gasteiger partial charge in [0.1, 0.15) is 0 Å². The number of carbonyl (C=O) groups is 1. The van der Waals surface area contributed by atoms with Crippen molar-refractivity contribution in [1.29, 1.82) is 0 Å². The van der Waals surface area contributed by atoms with Crippen LogP contribution < -0.4 is 0 Å². The Bertz CT molecular complexity index is 398. The molecule has 0 saturated heterocycles. The molecule has 3 rings (SSSR count). The van der Waals surface area contributed by atoms with E-state index in [1.165, 1.54) is 0 Å². The Morgan fingerprint density at radius 3 is 3.23 bits per heavy atom. The molecular formula is C9H8N2O2. The highest BCUT2D eigenvalue weighted by molar-refractivity contribution is 6.05. The molecule has 0 radical (unpaired) electrons. The lowest BCUT2D eigenvalue weighted by atomic mass is 9.97. The summed E-state index contributed by atoms with van der Waals surface area (Å²) in [5.74, 6) is 0.0509. The normalized spacial score (nSPS) is 29.7. The van der Waals surface area contributed by atoms with Crippen molar-refractivity contribution in [2.45, 2.75) is 18.6 Å². The number of rotatable bonds is 0. The third-order valence-electron chi connectivity index (χ3n) is 2.62. The van der Waals surface area contributed by atoms with E-state index in [0.717, 1.165) is 5.69 Å². The molecule has 66 valence electrons. The number of nitrogens with zero attached hydrogens (tertiary/aromatic N) is 2. The number of oxime groups is 1. The van der Waals surface area contributed by atoms with Crippen LogP contribution in [0.5, 0.6) is 0 Å². The maximum atomic E-state index is 11.9. The number of hydrogen-bond acceptors (Lipinski definition) is 3. The van der Waals surface area contributed by atoms with Gasteiger partial charge in [0.25, 0.3) is 0 Å². The van der Waals surface area contributed by atoms with Gasteiger partial charge >= 0.3 is 0 Å². The summed E-state index contributed by atoms with van der Waals surface area (Å²) >= 11 is 0. The van der Waals surface area contributed by atoms with Gasteiger partial charge in [-0.1, -0.05) is 5.16 Å². The Kier molecular flexibility index (Phi) is 1.07. The molecule has 2 aliphatic rings. The fraction of sp³-hybridized carbons (Fsp3) is 0.333. The molecule has 0 amide bonds. The Hall–Kier alpha value is -1.58. The van der Waals surface area contributed by atoms with Crippen molar-refractivity contribution in [3.8, 4) is 0 Å². The van der Waals surface area contributed by atoms with Gasteiger partial charge in [-0.2, -0.15) is 0 Å². The van der Waals surface area contributed by atoms with Crippen LogP contribution in [-0.4, -0.2) is 22.2 Å². The van der Waals surface area contributed by atoms with Gasteiger partial charge in [-0.15, -0.1) is 0 Å². The Morgan fingerprint density at radius 2 is 2.54 bits per heavy atom. The van der Waals surface area contributed by atoms with Crippen molar-refractivity contribution in [1.82, 2.24) is 4.57 Å². The molecule has 0 fully saturated rings. The first-order valence-electron chi connectivity index (χ1n) is 4.22. The Labute approximate surface area is 74.8 Å². The molecule has 0 bridgehead atoms. The largest absolute Gasteiger partial charge is 0.379 e. The fourth-order valence-corrected chi connectivity index (χ4v) is 1.93. The van der Waals surface area contributed by atoms with E-state index in [2.05, 4.69) is 5.16 Å². The van der Waals surface area contributed by atoms with Gasteiger partial charge in [0.15, 0.2) is 0 Å². The Morgan fingerprint density at radius 1 is 1.62 bits per heavy atom. The van der Waals surface area contributed by atoms with Crippen LogP contribution in [0.3, 0.4) is 0 Å². The van der Waals surface area contributed by atoms with E-state index in [4.69, 9.17) is 4.84 Å². The number of fused-ring (bicyclic) bond motifs is 1. The van der Waals surface area contributed by atoms with E-state index in [1.807, 2.05) is 22.9 Å². The molecule has 13 heavy (non-hydrogen) atoms. The highest BCUT2D eigenvalue weighted by atomic mass is 16.7. The molecule has 2 aliphatic heterocycles. The second kappa shape index (κ2) is 2.02. The van der Waals surface area contributed by atoms with Crippen molar-refractivity contribution < 1.29 is 9.63 Å². The van der Waals surface area contributed by atoms with Gasteiger partial charge in [-0.05, 0) is 12.1 Å². The third-order valence-corrected chi connectivity index (χ3v) is 2.62. The van der Waals surface area contributed by atoms with E-state index in [0.29, 0.717) is 13.0 Å². The van der Waals surface area contributed by atoms with E-state index in [-0.39, 0.29) is 5.78 Å². The molecule has 1 spiro atoms. The van der Waals surface area contributed by atoms with Gasteiger partial charge in [0.05, 0.1) is 12.2 Å². The second-order valence-corrected chi connectivity index (χ2v) is 3.43. The zero-order valence-corrected chi connectivity index (χ0v) is 6.93. The zero-order valence-electron chi connectivity index (χ0n) is 6.93. The summed E-state index contributed by atoms with van der Waals surface area (Å²) in [6.45, 7) is 0.591. The SMILES string of the molecule is O=C1c2cccn2CC12CC=NO2. The topological polar surface area (TPSA) is 43.6 Å². The summed E-state index contributed by atoms with van der Waals surface area (Å²) in [4.78, 5) is 17.0. The van der Waals surface area contributed by atoms with Crippen molar-refractivity contribution in [2.75, 3.05) is 0 Å². The highest BCUT2D eigenvalue weighted by Crippen LogP contribution is 2.33. The van der Waals surface area contributed by atoms with E-state index in [1.54, 1.807) is 6.21 Å². The van der Waals surface area contributed by atoms with Crippen LogP contribution in [0.2, 0.25) is 0 Å². The minimum atomic E-state index is -0.712. The molecular weight excluding hydrogens is 168 g/mol. The number of Topliss-reactive ketones (excluding diaryl/α,β-unsaturated/α-hetero) is 1. The van der Waals surface area contributed by atoms with Gasteiger partial charge in [-0.3, -0.25) is 4.79 Å². The average molecular weight is 176 g/mol. The summed E-state index contributed by atoms with van der Waals surface area (Å²) in [5, 5.41) is 3.67. The molecule has 1 unspecified atom stereocenters. The monoisotopic (exact) mass is 176 g/mol. The zero-order chi connectivity index (χ0) is 8.89. The van der Waals surface area contributed by atoms with Crippen LogP contribution in [-0.2, 0) is 11.4 Å². The van der Waals surface area contributed by atoms with Crippen LogP contribution in [0.1, 0.15) is 16.9 Å². The van der Waals surface area contributed by atoms with Crippen LogP contribution >= 0.6 is 0 Å². The second-order valence-electron chi connectivity index (χ2n) is 3.43. The maximum Gasteiger partial charge on any atom is 0.227 e. The average Bonchev–Trinajstić information content (AvgIpc) is 2.76. The van der Waals surface area contributed by atoms with Crippen LogP contribution in [0, 0.1) is 0 Å². The molecule has 1 aromatic heterocycles.